The summed E-state index contributed by atoms with van der Waals surface area (Å²) in [6.45, 7) is 4.84. The van der Waals surface area contributed by atoms with E-state index in [1.54, 1.807) is 12.1 Å². The summed E-state index contributed by atoms with van der Waals surface area (Å²) < 4.78 is 0. The summed E-state index contributed by atoms with van der Waals surface area (Å²) in [5.41, 5.74) is 2.82. The van der Waals surface area contributed by atoms with Gasteiger partial charge in [-0.3, -0.25) is 15.0 Å². The second kappa shape index (κ2) is 8.36. The molecular formula is C22H23N5O2. The van der Waals surface area contributed by atoms with Gasteiger partial charge in [0.1, 0.15) is 5.82 Å². The van der Waals surface area contributed by atoms with E-state index in [0.29, 0.717) is 17.4 Å². The highest BCUT2D eigenvalue weighted by Gasteiger charge is 2.23. The molecule has 2 heterocycles. The molecule has 1 N–H and O–H groups in total. The molecule has 7 heteroatoms. The normalized spacial score (nSPS) is 16.7. The average Bonchev–Trinajstić information content (AvgIpc) is 3.15. The van der Waals surface area contributed by atoms with Crippen molar-refractivity contribution >= 4 is 11.5 Å². The Labute approximate surface area is 169 Å². The summed E-state index contributed by atoms with van der Waals surface area (Å²) in [7, 11) is 0. The van der Waals surface area contributed by atoms with Gasteiger partial charge in [0.2, 0.25) is 0 Å². The van der Waals surface area contributed by atoms with Crippen molar-refractivity contribution in [3.8, 4) is 11.4 Å². The summed E-state index contributed by atoms with van der Waals surface area (Å²) in [6.07, 6.45) is 1.04. The number of hydrogen-bond acceptors (Lipinski definition) is 6. The van der Waals surface area contributed by atoms with Gasteiger partial charge < -0.3 is 5.32 Å². The Morgan fingerprint density at radius 1 is 1.14 bits per heavy atom. The van der Waals surface area contributed by atoms with E-state index in [4.69, 9.17) is 0 Å². The maximum Gasteiger partial charge on any atom is 0.270 e. The monoisotopic (exact) mass is 389 g/mol. The number of anilines is 1. The number of non-ortho nitro benzene ring substituents is 1. The lowest BCUT2D eigenvalue weighted by Gasteiger charge is -2.17. The smallest absolute Gasteiger partial charge is 0.270 e. The fraction of sp³-hybridized carbons (Fsp3) is 0.273. The Hall–Kier alpha value is -3.32. The predicted molar refractivity (Wildman–Crippen MR) is 113 cm³/mol. The molecule has 0 spiro atoms. The van der Waals surface area contributed by atoms with Crippen LogP contribution in [0, 0.1) is 17.0 Å². The molecule has 148 valence electrons. The number of benzene rings is 2. The fourth-order valence-electron chi connectivity index (χ4n) is 3.67. The summed E-state index contributed by atoms with van der Waals surface area (Å²) >= 11 is 0. The largest absolute Gasteiger partial charge is 0.366 e. The number of nitrogens with zero attached hydrogens (tertiary/aromatic N) is 4. The minimum Gasteiger partial charge on any atom is -0.366 e. The molecule has 0 amide bonds. The van der Waals surface area contributed by atoms with Gasteiger partial charge >= 0.3 is 0 Å². The molecule has 29 heavy (non-hydrogen) atoms. The van der Waals surface area contributed by atoms with Gasteiger partial charge in [-0.1, -0.05) is 42.5 Å². The van der Waals surface area contributed by atoms with E-state index in [-0.39, 0.29) is 5.69 Å². The zero-order chi connectivity index (χ0) is 20.2. The lowest BCUT2D eigenvalue weighted by molar-refractivity contribution is -0.384. The number of rotatable bonds is 6. The van der Waals surface area contributed by atoms with Crippen molar-refractivity contribution in [1.29, 1.82) is 0 Å². The van der Waals surface area contributed by atoms with Gasteiger partial charge in [-0.05, 0) is 18.9 Å². The van der Waals surface area contributed by atoms with Crippen LogP contribution in [-0.2, 0) is 6.54 Å². The highest BCUT2D eigenvalue weighted by molar-refractivity contribution is 5.61. The Bertz CT molecular complexity index is 1010. The Balaban J connectivity index is 1.46. The SMILES string of the molecule is Cc1cc(N[C@H]2CCN(Cc3ccccc3)C2)nc(-c2cccc([N+](=O)[O-])c2)n1. The van der Waals surface area contributed by atoms with Crippen molar-refractivity contribution in [2.45, 2.75) is 25.9 Å². The summed E-state index contributed by atoms with van der Waals surface area (Å²) in [6, 6.07) is 19.1. The van der Waals surface area contributed by atoms with E-state index >= 15 is 0 Å². The first-order chi connectivity index (χ1) is 14.1. The summed E-state index contributed by atoms with van der Waals surface area (Å²) in [4.78, 5) is 22.2. The van der Waals surface area contributed by atoms with Crippen molar-refractivity contribution in [3.05, 3.63) is 82.0 Å². The van der Waals surface area contributed by atoms with Crippen LogP contribution in [0.3, 0.4) is 0 Å². The number of hydrogen-bond donors (Lipinski definition) is 1. The van der Waals surface area contributed by atoms with Crippen LogP contribution in [-0.4, -0.2) is 38.9 Å². The van der Waals surface area contributed by atoms with Gasteiger partial charge in [0, 0.05) is 55.1 Å². The van der Waals surface area contributed by atoms with E-state index in [0.717, 1.165) is 37.6 Å². The van der Waals surface area contributed by atoms with Crippen LogP contribution in [0.2, 0.25) is 0 Å². The average molecular weight is 389 g/mol. The van der Waals surface area contributed by atoms with Crippen molar-refractivity contribution in [3.63, 3.8) is 0 Å². The molecule has 0 saturated carbocycles. The number of nitro groups is 1. The summed E-state index contributed by atoms with van der Waals surface area (Å²) in [5.74, 6) is 1.25. The third kappa shape index (κ3) is 4.75. The van der Waals surface area contributed by atoms with Gasteiger partial charge in [-0.2, -0.15) is 0 Å². The molecule has 0 radical (unpaired) electrons. The molecule has 3 aromatic rings. The minimum atomic E-state index is -0.404. The van der Waals surface area contributed by atoms with Gasteiger partial charge in [-0.15, -0.1) is 0 Å². The summed E-state index contributed by atoms with van der Waals surface area (Å²) in [5, 5.41) is 14.6. The second-order valence-electron chi connectivity index (χ2n) is 7.38. The molecule has 0 unspecified atom stereocenters. The first kappa shape index (κ1) is 19.0. The topological polar surface area (TPSA) is 84.2 Å². The van der Waals surface area contributed by atoms with Gasteiger partial charge in [0.15, 0.2) is 5.82 Å². The van der Waals surface area contributed by atoms with Crippen molar-refractivity contribution < 1.29 is 4.92 Å². The molecule has 0 bridgehead atoms. The van der Waals surface area contributed by atoms with E-state index in [2.05, 4.69) is 44.5 Å². The molecule has 1 fully saturated rings. The third-order valence-electron chi connectivity index (χ3n) is 5.04. The standard InChI is InChI=1S/C22H23N5O2/c1-16-12-21(25-22(23-16)18-8-5-9-20(13-18)27(28)29)24-19-10-11-26(15-19)14-17-6-3-2-4-7-17/h2-9,12-13,19H,10-11,14-15H2,1H3,(H,23,24,25)/t19-/m0/s1. The van der Waals surface area contributed by atoms with Crippen LogP contribution < -0.4 is 5.32 Å². The van der Waals surface area contributed by atoms with Crippen molar-refractivity contribution in [2.24, 2.45) is 0 Å². The van der Waals surface area contributed by atoms with Crippen LogP contribution in [0.5, 0.6) is 0 Å². The zero-order valence-electron chi connectivity index (χ0n) is 16.3. The minimum absolute atomic E-state index is 0.0365. The molecule has 7 nitrogen and oxygen atoms in total. The first-order valence-electron chi connectivity index (χ1n) is 9.70. The van der Waals surface area contributed by atoms with Crippen molar-refractivity contribution in [1.82, 2.24) is 14.9 Å². The van der Waals surface area contributed by atoms with E-state index < -0.39 is 4.92 Å². The molecular weight excluding hydrogens is 366 g/mol. The van der Waals surface area contributed by atoms with E-state index in [9.17, 15) is 10.1 Å². The molecule has 4 rings (SSSR count). The third-order valence-corrected chi connectivity index (χ3v) is 5.04. The highest BCUT2D eigenvalue weighted by atomic mass is 16.6. The maximum atomic E-state index is 11.1. The number of aryl methyl sites for hydroxylation is 1. The first-order valence-corrected chi connectivity index (χ1v) is 9.70. The Morgan fingerprint density at radius 2 is 1.97 bits per heavy atom. The van der Waals surface area contributed by atoms with Gasteiger partial charge in [0.25, 0.3) is 5.69 Å². The van der Waals surface area contributed by atoms with Gasteiger partial charge in [-0.25, -0.2) is 9.97 Å². The van der Waals surface area contributed by atoms with Crippen LogP contribution in [0.15, 0.2) is 60.7 Å². The van der Waals surface area contributed by atoms with Crippen LogP contribution >= 0.6 is 0 Å². The highest BCUT2D eigenvalue weighted by Crippen LogP contribution is 2.24. The second-order valence-corrected chi connectivity index (χ2v) is 7.38. The molecule has 1 aliphatic rings. The lowest BCUT2D eigenvalue weighted by atomic mass is 10.2. The predicted octanol–water partition coefficient (Wildman–Crippen LogP) is 4.05. The van der Waals surface area contributed by atoms with E-state index in [1.807, 2.05) is 19.1 Å². The molecule has 1 saturated heterocycles. The molecule has 1 aromatic heterocycles. The number of nitrogens with one attached hydrogen (secondary N) is 1. The zero-order valence-corrected chi connectivity index (χ0v) is 16.3. The van der Waals surface area contributed by atoms with Gasteiger partial charge in [0.05, 0.1) is 4.92 Å². The number of aromatic nitrogens is 2. The molecule has 1 atom stereocenters. The Kier molecular flexibility index (Phi) is 5.48. The molecule has 1 aliphatic heterocycles. The van der Waals surface area contributed by atoms with E-state index in [1.165, 1.54) is 17.7 Å². The number of nitro benzene ring substituents is 1. The fourth-order valence-corrected chi connectivity index (χ4v) is 3.67. The van der Waals surface area contributed by atoms with Crippen LogP contribution in [0.1, 0.15) is 17.7 Å². The molecule has 0 aliphatic carbocycles. The maximum absolute atomic E-state index is 11.1. The lowest BCUT2D eigenvalue weighted by Crippen LogP contribution is -2.26. The number of likely N-dealkylation sites (tertiary alicyclic amines) is 1. The Morgan fingerprint density at radius 3 is 2.76 bits per heavy atom. The van der Waals surface area contributed by atoms with Crippen LogP contribution in [0.4, 0.5) is 11.5 Å². The molecule has 2 aromatic carbocycles. The van der Waals surface area contributed by atoms with Crippen LogP contribution in [0.25, 0.3) is 11.4 Å². The van der Waals surface area contributed by atoms with Crippen molar-refractivity contribution in [2.75, 3.05) is 18.4 Å². The quantitative estimate of drug-likeness (QED) is 0.506.